The zero-order valence-electron chi connectivity index (χ0n) is 37.6. The van der Waals surface area contributed by atoms with E-state index in [-0.39, 0.29) is 19.4 Å². The fourth-order valence-corrected chi connectivity index (χ4v) is 7.46. The summed E-state index contributed by atoms with van der Waals surface area (Å²) in [5, 5.41) is 8.90. The highest BCUT2D eigenvalue weighted by Gasteiger charge is 2.28. The van der Waals surface area contributed by atoms with Gasteiger partial charge in [0.2, 0.25) is 0 Å². The summed E-state index contributed by atoms with van der Waals surface area (Å²) in [4.78, 5) is 46.0. The van der Waals surface area contributed by atoms with E-state index in [9.17, 15) is 23.8 Å². The number of carboxylic acid groups (broad SMARTS) is 1. The van der Waals surface area contributed by atoms with Crippen LogP contribution >= 0.6 is 7.82 Å². The SMILES string of the molecule is CCCCCCCC/C=C/C/C=C/CCCCC(=O)O[C@@H](COC(=O)CCCCCCCCCCCCCCCCCCCCCC)COP(=O)(O)OC[C@@H](N)C(=O)O. The Hall–Kier alpha value is -2.04. The van der Waals surface area contributed by atoms with Crippen molar-refractivity contribution >= 4 is 25.7 Å². The molecule has 59 heavy (non-hydrogen) atoms. The molecule has 0 heterocycles. The zero-order valence-corrected chi connectivity index (χ0v) is 38.5. The molecular formula is C47H88NO10P. The maximum atomic E-state index is 12.6. The molecule has 0 fully saturated rings. The Balaban J connectivity index is 4.28. The highest BCUT2D eigenvalue weighted by Crippen LogP contribution is 2.43. The summed E-state index contributed by atoms with van der Waals surface area (Å²) in [6.45, 7) is 2.79. The second kappa shape index (κ2) is 42.6. The normalized spacial score (nSPS) is 13.8. The van der Waals surface area contributed by atoms with Crippen molar-refractivity contribution in [3.8, 4) is 0 Å². The minimum Gasteiger partial charge on any atom is -0.480 e. The van der Waals surface area contributed by atoms with Gasteiger partial charge in [-0.2, -0.15) is 0 Å². The number of nitrogens with two attached hydrogens (primary N) is 1. The molecule has 0 saturated carbocycles. The molecule has 0 aromatic carbocycles. The Labute approximate surface area is 360 Å². The summed E-state index contributed by atoms with van der Waals surface area (Å²) in [7, 11) is -4.72. The van der Waals surface area contributed by atoms with Crippen LogP contribution in [0.4, 0.5) is 0 Å². The molecule has 0 bridgehead atoms. The van der Waals surface area contributed by atoms with Crippen LogP contribution in [0.3, 0.4) is 0 Å². The first-order valence-electron chi connectivity index (χ1n) is 23.9. The Morgan fingerprint density at radius 2 is 0.898 bits per heavy atom. The smallest absolute Gasteiger partial charge is 0.472 e. The van der Waals surface area contributed by atoms with E-state index < -0.39 is 51.1 Å². The summed E-state index contributed by atoms with van der Waals surface area (Å²) in [6.07, 6.45) is 45.3. The number of ether oxygens (including phenoxy) is 2. The predicted octanol–water partition coefficient (Wildman–Crippen LogP) is 13.0. The highest BCUT2D eigenvalue weighted by molar-refractivity contribution is 7.47. The fraction of sp³-hybridized carbons (Fsp3) is 0.851. The van der Waals surface area contributed by atoms with E-state index in [0.717, 1.165) is 44.9 Å². The number of aliphatic carboxylic acids is 1. The summed E-state index contributed by atoms with van der Waals surface area (Å²) in [5.74, 6) is -2.41. The van der Waals surface area contributed by atoms with Gasteiger partial charge in [0.25, 0.3) is 0 Å². The lowest BCUT2D eigenvalue weighted by molar-refractivity contribution is -0.161. The van der Waals surface area contributed by atoms with Crippen molar-refractivity contribution in [1.29, 1.82) is 0 Å². The molecule has 12 heteroatoms. The molecule has 0 radical (unpaired) electrons. The van der Waals surface area contributed by atoms with Crippen LogP contribution in [-0.2, 0) is 37.5 Å². The molecule has 0 aromatic rings. The second-order valence-corrected chi connectivity index (χ2v) is 17.7. The number of hydrogen-bond donors (Lipinski definition) is 3. The standard InChI is InChI=1S/C47H88NO10P/c1-3-5-7-9-11-13-15-17-19-20-21-22-23-25-26-28-30-32-34-36-38-45(49)55-40-43(41-56-59(53,54)57-42-44(48)47(51)52)58-46(50)39-37-35-33-31-29-27-24-18-16-14-12-10-8-6-4-2/h18,24,29,31,43-44H,3-17,19-23,25-28,30,32-42,48H2,1-2H3,(H,51,52)(H,53,54)/b24-18+,31-29+/t43-,44+/m0/s1. The molecular weight excluding hydrogens is 769 g/mol. The Morgan fingerprint density at radius 1 is 0.525 bits per heavy atom. The van der Waals surface area contributed by atoms with Gasteiger partial charge in [0.1, 0.15) is 12.6 Å². The van der Waals surface area contributed by atoms with Crippen LogP contribution in [0.1, 0.15) is 226 Å². The highest BCUT2D eigenvalue weighted by atomic mass is 31.2. The minimum atomic E-state index is -4.72. The number of carbonyl (C=O) groups excluding carboxylic acids is 2. The summed E-state index contributed by atoms with van der Waals surface area (Å²) >= 11 is 0. The van der Waals surface area contributed by atoms with Gasteiger partial charge in [-0.15, -0.1) is 0 Å². The molecule has 346 valence electrons. The lowest BCUT2D eigenvalue weighted by atomic mass is 10.0. The van der Waals surface area contributed by atoms with Crippen LogP contribution in [0.25, 0.3) is 0 Å². The number of carboxylic acids is 1. The van der Waals surface area contributed by atoms with E-state index in [0.29, 0.717) is 12.8 Å². The van der Waals surface area contributed by atoms with Gasteiger partial charge >= 0.3 is 25.7 Å². The first-order chi connectivity index (χ1) is 28.6. The number of phosphoric ester groups is 1. The van der Waals surface area contributed by atoms with Gasteiger partial charge in [-0.25, -0.2) is 4.57 Å². The number of esters is 2. The third kappa shape index (κ3) is 42.4. The molecule has 0 aliphatic carbocycles. The molecule has 0 aliphatic heterocycles. The van der Waals surface area contributed by atoms with Crippen molar-refractivity contribution in [3.05, 3.63) is 24.3 Å². The van der Waals surface area contributed by atoms with E-state index >= 15 is 0 Å². The number of carbonyl (C=O) groups is 3. The van der Waals surface area contributed by atoms with Crippen molar-refractivity contribution in [3.63, 3.8) is 0 Å². The van der Waals surface area contributed by atoms with Crippen LogP contribution in [0.15, 0.2) is 24.3 Å². The van der Waals surface area contributed by atoms with Gasteiger partial charge in [-0.05, 0) is 44.9 Å². The molecule has 11 nitrogen and oxygen atoms in total. The third-order valence-electron chi connectivity index (χ3n) is 10.5. The van der Waals surface area contributed by atoms with Crippen LogP contribution in [-0.4, -0.2) is 59.9 Å². The molecule has 0 amide bonds. The zero-order chi connectivity index (χ0) is 43.5. The molecule has 4 N–H and O–H groups in total. The van der Waals surface area contributed by atoms with Gasteiger partial charge in [0.05, 0.1) is 13.2 Å². The quantitative estimate of drug-likeness (QED) is 0.0230. The van der Waals surface area contributed by atoms with Crippen molar-refractivity contribution in [2.24, 2.45) is 5.73 Å². The third-order valence-corrected chi connectivity index (χ3v) is 11.4. The first kappa shape index (κ1) is 57.0. The van der Waals surface area contributed by atoms with E-state index in [2.05, 4.69) is 42.7 Å². The van der Waals surface area contributed by atoms with Crippen molar-refractivity contribution in [2.75, 3.05) is 19.8 Å². The topological polar surface area (TPSA) is 172 Å². The van der Waals surface area contributed by atoms with Gasteiger partial charge < -0.3 is 25.2 Å². The maximum absolute atomic E-state index is 12.6. The number of hydrogen-bond acceptors (Lipinski definition) is 9. The van der Waals surface area contributed by atoms with E-state index in [1.54, 1.807) is 0 Å². The summed E-state index contributed by atoms with van der Waals surface area (Å²) < 4.78 is 32.7. The molecule has 3 atom stereocenters. The Kier molecular flexibility index (Phi) is 41.2. The number of phosphoric acid groups is 1. The molecule has 0 aromatic heterocycles. The van der Waals surface area contributed by atoms with Gasteiger partial charge in [-0.3, -0.25) is 23.4 Å². The van der Waals surface area contributed by atoms with Gasteiger partial charge in [0.15, 0.2) is 6.10 Å². The Bertz CT molecular complexity index is 1100. The van der Waals surface area contributed by atoms with Crippen LogP contribution in [0.5, 0.6) is 0 Å². The molecule has 0 aliphatic rings. The van der Waals surface area contributed by atoms with Crippen LogP contribution in [0.2, 0.25) is 0 Å². The molecule has 0 saturated heterocycles. The van der Waals surface area contributed by atoms with Crippen LogP contribution < -0.4 is 5.73 Å². The van der Waals surface area contributed by atoms with Crippen LogP contribution in [0, 0.1) is 0 Å². The van der Waals surface area contributed by atoms with Crippen molar-refractivity contribution in [2.45, 2.75) is 238 Å². The average Bonchev–Trinajstić information content (AvgIpc) is 3.21. The minimum absolute atomic E-state index is 0.122. The first-order valence-corrected chi connectivity index (χ1v) is 25.4. The largest absolute Gasteiger partial charge is 0.480 e. The molecule has 0 rings (SSSR count). The van der Waals surface area contributed by atoms with E-state index in [1.807, 2.05) is 0 Å². The summed E-state index contributed by atoms with van der Waals surface area (Å²) in [6, 6.07) is -1.52. The Morgan fingerprint density at radius 3 is 1.36 bits per heavy atom. The van der Waals surface area contributed by atoms with Gasteiger partial charge in [-0.1, -0.05) is 192 Å². The number of rotatable bonds is 45. The lowest BCUT2D eigenvalue weighted by Crippen LogP contribution is -2.34. The van der Waals surface area contributed by atoms with Crippen molar-refractivity contribution in [1.82, 2.24) is 0 Å². The predicted molar refractivity (Wildman–Crippen MR) is 240 cm³/mol. The van der Waals surface area contributed by atoms with Crippen molar-refractivity contribution < 1.29 is 47.5 Å². The maximum Gasteiger partial charge on any atom is 0.472 e. The number of allylic oxidation sites excluding steroid dienone is 4. The average molecular weight is 858 g/mol. The molecule has 1 unspecified atom stereocenters. The fourth-order valence-electron chi connectivity index (χ4n) is 6.68. The summed E-state index contributed by atoms with van der Waals surface area (Å²) in [5.41, 5.74) is 5.34. The van der Waals surface area contributed by atoms with E-state index in [4.69, 9.17) is 24.8 Å². The second-order valence-electron chi connectivity index (χ2n) is 16.2. The monoisotopic (exact) mass is 858 g/mol. The lowest BCUT2D eigenvalue weighted by Gasteiger charge is -2.20. The van der Waals surface area contributed by atoms with E-state index in [1.165, 1.54) is 141 Å². The number of unbranched alkanes of at least 4 members (excludes halogenated alkanes) is 27. The molecule has 0 spiro atoms. The van der Waals surface area contributed by atoms with Gasteiger partial charge in [0, 0.05) is 12.8 Å².